The van der Waals surface area contributed by atoms with Gasteiger partial charge in [-0.15, -0.1) is 0 Å². The number of ether oxygens (including phenoxy) is 1. The fraction of sp³-hybridized carbons (Fsp3) is 0.333. The third-order valence-corrected chi connectivity index (χ3v) is 5.02. The topological polar surface area (TPSA) is 65.4 Å². The quantitative estimate of drug-likeness (QED) is 0.696. The molecule has 2 aromatic carbocycles. The molecule has 0 aliphatic carbocycles. The average molecular weight is 389 g/mol. The first-order valence-electron chi connectivity index (χ1n) is 10.1. The number of piperidine rings is 1. The normalized spacial score (nSPS) is 14.4. The van der Waals surface area contributed by atoms with Crippen LogP contribution in [-0.2, 0) is 17.9 Å². The zero-order valence-electron chi connectivity index (χ0n) is 16.6. The van der Waals surface area contributed by atoms with Crippen LogP contribution >= 0.6 is 0 Å². The molecule has 5 heteroatoms. The Morgan fingerprint density at radius 2 is 1.79 bits per heavy atom. The predicted molar refractivity (Wildman–Crippen MR) is 114 cm³/mol. The number of nitrogens with zero attached hydrogens (tertiary/aromatic N) is 2. The van der Waals surface area contributed by atoms with E-state index in [0.717, 1.165) is 25.2 Å². The molecular weight excluding hydrogens is 362 g/mol. The molecule has 0 radical (unpaired) electrons. The largest absolute Gasteiger partial charge is 0.479 e. The summed E-state index contributed by atoms with van der Waals surface area (Å²) in [6.45, 7) is 3.81. The van der Waals surface area contributed by atoms with E-state index in [1.54, 1.807) is 24.3 Å². The van der Waals surface area contributed by atoms with Gasteiger partial charge in [-0.2, -0.15) is 5.26 Å². The molecule has 0 unspecified atom stereocenters. The lowest BCUT2D eigenvalue weighted by Crippen LogP contribution is -2.30. The number of hydrogen-bond acceptors (Lipinski definition) is 4. The lowest BCUT2D eigenvalue weighted by molar-refractivity contribution is -0.116. The Kier molecular flexibility index (Phi) is 7.85. The van der Waals surface area contributed by atoms with Crippen LogP contribution in [0.5, 0.6) is 5.75 Å². The van der Waals surface area contributed by atoms with Gasteiger partial charge in [-0.3, -0.25) is 9.69 Å². The minimum Gasteiger partial charge on any atom is -0.479 e. The summed E-state index contributed by atoms with van der Waals surface area (Å²) < 4.78 is 5.22. The molecule has 150 valence electrons. The van der Waals surface area contributed by atoms with E-state index in [-0.39, 0.29) is 12.5 Å². The van der Waals surface area contributed by atoms with E-state index in [0.29, 0.717) is 12.3 Å². The van der Waals surface area contributed by atoms with Crippen molar-refractivity contribution in [2.24, 2.45) is 0 Å². The Hall–Kier alpha value is -3.10. The average Bonchev–Trinajstić information content (AvgIpc) is 2.77. The Morgan fingerprint density at radius 3 is 2.52 bits per heavy atom. The second kappa shape index (κ2) is 11.0. The third-order valence-electron chi connectivity index (χ3n) is 5.02. The van der Waals surface area contributed by atoms with E-state index >= 15 is 0 Å². The number of nitriles is 1. The molecule has 1 saturated heterocycles. The molecule has 5 nitrogen and oxygen atoms in total. The van der Waals surface area contributed by atoms with Gasteiger partial charge in [0.2, 0.25) is 5.91 Å². The van der Waals surface area contributed by atoms with Gasteiger partial charge in [-0.1, -0.05) is 42.8 Å². The summed E-state index contributed by atoms with van der Waals surface area (Å²) in [6, 6.07) is 17.5. The fourth-order valence-corrected chi connectivity index (χ4v) is 3.45. The van der Waals surface area contributed by atoms with E-state index < -0.39 is 0 Å². The van der Waals surface area contributed by atoms with Crippen molar-refractivity contribution < 1.29 is 9.53 Å². The number of carbonyl (C=O) groups is 1. The predicted octanol–water partition coefficient (Wildman–Crippen LogP) is 3.90. The van der Waals surface area contributed by atoms with Crippen molar-refractivity contribution in [3.63, 3.8) is 0 Å². The van der Waals surface area contributed by atoms with Crippen LogP contribution < -0.4 is 10.1 Å². The number of hydrogen-bond donors (Lipinski definition) is 1. The summed E-state index contributed by atoms with van der Waals surface area (Å²) in [5, 5.41) is 11.5. The standard InChI is InChI=1S/C24H27N3O2/c25-14-17-29-23-11-8-20(9-12-23)10-13-24(28)26-18-21-6-2-3-7-22(21)19-27-15-4-1-5-16-27/h2-3,6-13H,1,4-5,15-19H2,(H,26,28)/b13-10+. The highest BCUT2D eigenvalue weighted by Gasteiger charge is 2.12. The maximum atomic E-state index is 12.2. The summed E-state index contributed by atoms with van der Waals surface area (Å²) in [5.74, 6) is 0.515. The van der Waals surface area contributed by atoms with Crippen molar-refractivity contribution in [1.29, 1.82) is 5.26 Å². The second-order valence-corrected chi connectivity index (χ2v) is 7.17. The minimum absolute atomic E-state index is 0.0246. The number of amides is 1. The van der Waals surface area contributed by atoms with Crippen LogP contribution in [0.4, 0.5) is 0 Å². The Bertz CT molecular complexity index is 862. The van der Waals surface area contributed by atoms with Crippen LogP contribution in [0, 0.1) is 11.3 Å². The first-order chi connectivity index (χ1) is 14.2. The third kappa shape index (κ3) is 6.78. The van der Waals surface area contributed by atoms with Gasteiger partial charge in [-0.25, -0.2) is 0 Å². The van der Waals surface area contributed by atoms with Crippen molar-refractivity contribution in [3.8, 4) is 11.8 Å². The molecule has 1 fully saturated rings. The highest BCUT2D eigenvalue weighted by molar-refractivity contribution is 5.91. The van der Waals surface area contributed by atoms with Crippen LogP contribution in [0.3, 0.4) is 0 Å². The van der Waals surface area contributed by atoms with E-state index in [2.05, 4.69) is 28.4 Å². The van der Waals surface area contributed by atoms with Gasteiger partial charge in [0.1, 0.15) is 11.8 Å². The highest BCUT2D eigenvalue weighted by Crippen LogP contribution is 2.16. The lowest BCUT2D eigenvalue weighted by atomic mass is 10.0. The first kappa shape index (κ1) is 20.6. The van der Waals surface area contributed by atoms with E-state index in [1.165, 1.54) is 30.4 Å². The van der Waals surface area contributed by atoms with Gasteiger partial charge in [0, 0.05) is 19.2 Å². The van der Waals surface area contributed by atoms with Gasteiger partial charge < -0.3 is 10.1 Å². The molecule has 1 aliphatic rings. The maximum Gasteiger partial charge on any atom is 0.244 e. The summed E-state index contributed by atoms with van der Waals surface area (Å²) in [6.07, 6.45) is 7.18. The highest BCUT2D eigenvalue weighted by atomic mass is 16.5. The van der Waals surface area contributed by atoms with Crippen LogP contribution in [0.1, 0.15) is 36.0 Å². The SMILES string of the molecule is N#CCOc1ccc(/C=C/C(=O)NCc2ccccc2CN2CCCCC2)cc1. The number of benzene rings is 2. The molecule has 0 atom stereocenters. The molecule has 0 spiro atoms. The molecule has 2 aromatic rings. The molecule has 0 saturated carbocycles. The number of likely N-dealkylation sites (tertiary alicyclic amines) is 1. The molecule has 3 rings (SSSR count). The minimum atomic E-state index is -0.123. The van der Waals surface area contributed by atoms with Crippen molar-refractivity contribution in [2.75, 3.05) is 19.7 Å². The molecule has 0 aromatic heterocycles. The van der Waals surface area contributed by atoms with E-state index in [9.17, 15) is 4.79 Å². The summed E-state index contributed by atoms with van der Waals surface area (Å²) in [7, 11) is 0. The molecule has 1 heterocycles. The molecule has 0 bridgehead atoms. The van der Waals surface area contributed by atoms with Crippen molar-refractivity contribution in [2.45, 2.75) is 32.4 Å². The fourth-order valence-electron chi connectivity index (χ4n) is 3.45. The lowest BCUT2D eigenvalue weighted by Gasteiger charge is -2.27. The number of carbonyl (C=O) groups excluding carboxylic acids is 1. The maximum absolute atomic E-state index is 12.2. The molecule has 1 amide bonds. The van der Waals surface area contributed by atoms with Crippen molar-refractivity contribution in [3.05, 3.63) is 71.3 Å². The van der Waals surface area contributed by atoms with E-state index in [4.69, 9.17) is 10.00 Å². The van der Waals surface area contributed by atoms with Crippen LogP contribution in [0.2, 0.25) is 0 Å². The summed E-state index contributed by atoms with van der Waals surface area (Å²) in [4.78, 5) is 14.7. The second-order valence-electron chi connectivity index (χ2n) is 7.17. The van der Waals surface area contributed by atoms with Gasteiger partial charge in [0.15, 0.2) is 6.61 Å². The molecule has 29 heavy (non-hydrogen) atoms. The monoisotopic (exact) mass is 389 g/mol. The van der Waals surface area contributed by atoms with Crippen LogP contribution in [0.25, 0.3) is 6.08 Å². The Morgan fingerprint density at radius 1 is 1.07 bits per heavy atom. The van der Waals surface area contributed by atoms with Crippen LogP contribution in [0.15, 0.2) is 54.6 Å². The number of rotatable bonds is 8. The van der Waals surface area contributed by atoms with Crippen LogP contribution in [-0.4, -0.2) is 30.5 Å². The Balaban J connectivity index is 1.51. The van der Waals surface area contributed by atoms with Crippen molar-refractivity contribution >= 4 is 12.0 Å². The Labute approximate surface area is 172 Å². The van der Waals surface area contributed by atoms with E-state index in [1.807, 2.05) is 24.3 Å². The smallest absolute Gasteiger partial charge is 0.244 e. The first-order valence-corrected chi connectivity index (χ1v) is 10.1. The van der Waals surface area contributed by atoms with Gasteiger partial charge in [0.05, 0.1) is 0 Å². The van der Waals surface area contributed by atoms with Gasteiger partial charge in [-0.05, 0) is 60.8 Å². The molecule has 1 N–H and O–H groups in total. The van der Waals surface area contributed by atoms with Gasteiger partial charge >= 0.3 is 0 Å². The summed E-state index contributed by atoms with van der Waals surface area (Å²) >= 11 is 0. The zero-order chi connectivity index (χ0) is 20.3. The molecule has 1 aliphatic heterocycles. The molecular formula is C24H27N3O2. The van der Waals surface area contributed by atoms with Crippen molar-refractivity contribution in [1.82, 2.24) is 10.2 Å². The number of nitrogens with one attached hydrogen (secondary N) is 1. The van der Waals surface area contributed by atoms with Gasteiger partial charge in [0.25, 0.3) is 0 Å². The summed E-state index contributed by atoms with van der Waals surface area (Å²) in [5.41, 5.74) is 3.35. The zero-order valence-corrected chi connectivity index (χ0v) is 16.6.